The van der Waals surface area contributed by atoms with Crippen molar-refractivity contribution in [2.75, 3.05) is 0 Å². The van der Waals surface area contributed by atoms with E-state index in [2.05, 4.69) is 4.98 Å². The van der Waals surface area contributed by atoms with Gasteiger partial charge in [0.2, 0.25) is 11.2 Å². The molecule has 0 aliphatic heterocycles. The fourth-order valence-electron chi connectivity index (χ4n) is 2.07. The largest absolute Gasteiger partial charge is 0.482 e. The molecule has 0 amide bonds. The molecular weight excluding hydrogens is 270 g/mol. The number of hydrogen-bond acceptors (Lipinski definition) is 5. The van der Waals surface area contributed by atoms with Gasteiger partial charge in [0, 0.05) is 23.2 Å². The van der Waals surface area contributed by atoms with Crippen LogP contribution < -0.4 is 10.2 Å². The summed E-state index contributed by atoms with van der Waals surface area (Å²) in [5.41, 5.74) is 1.41. The maximum Gasteiger partial charge on any atom is 0.227 e. The van der Waals surface area contributed by atoms with Crippen LogP contribution in [0.4, 0.5) is 0 Å². The zero-order valence-corrected chi connectivity index (χ0v) is 11.2. The Morgan fingerprint density at radius 2 is 2.10 bits per heavy atom. The number of aliphatic hydroxyl groups is 1. The van der Waals surface area contributed by atoms with Crippen LogP contribution in [0.25, 0.3) is 10.9 Å². The van der Waals surface area contributed by atoms with E-state index >= 15 is 0 Å². The predicted octanol–water partition coefficient (Wildman–Crippen LogP) is 2.26. The van der Waals surface area contributed by atoms with Crippen molar-refractivity contribution in [3.63, 3.8) is 0 Å². The van der Waals surface area contributed by atoms with E-state index in [0.717, 1.165) is 16.5 Å². The number of aromatic nitrogens is 1. The molecule has 5 nitrogen and oxygen atoms in total. The molecule has 2 heterocycles. The molecule has 3 aromatic rings. The molecule has 0 spiro atoms. The van der Waals surface area contributed by atoms with Gasteiger partial charge >= 0.3 is 0 Å². The van der Waals surface area contributed by atoms with E-state index in [-0.39, 0.29) is 30.2 Å². The van der Waals surface area contributed by atoms with E-state index in [1.165, 1.54) is 12.3 Å². The van der Waals surface area contributed by atoms with Crippen LogP contribution in [0.1, 0.15) is 11.3 Å². The van der Waals surface area contributed by atoms with Gasteiger partial charge in [0.1, 0.15) is 25.2 Å². The highest BCUT2D eigenvalue weighted by molar-refractivity contribution is 5.81. The van der Waals surface area contributed by atoms with Crippen LogP contribution in [0.15, 0.2) is 58.1 Å². The molecule has 0 aliphatic rings. The minimum atomic E-state index is -0.321. The molecule has 0 atom stereocenters. The SMILES string of the molecule is O=c1cc(CO)occ1OCc1cccc2cccnc12. The third-order valence-electron chi connectivity index (χ3n) is 3.11. The number of ether oxygens (including phenoxy) is 1. The topological polar surface area (TPSA) is 72.6 Å². The molecule has 0 fully saturated rings. The molecule has 0 saturated heterocycles. The van der Waals surface area contributed by atoms with Gasteiger partial charge in [-0.2, -0.15) is 0 Å². The van der Waals surface area contributed by atoms with Gasteiger partial charge in [0.25, 0.3) is 0 Å². The Morgan fingerprint density at radius 3 is 2.90 bits per heavy atom. The van der Waals surface area contributed by atoms with E-state index < -0.39 is 0 Å². The summed E-state index contributed by atoms with van der Waals surface area (Å²) < 4.78 is 10.6. The van der Waals surface area contributed by atoms with Crippen molar-refractivity contribution in [3.05, 3.63) is 70.4 Å². The second-order valence-electron chi connectivity index (χ2n) is 4.51. The maximum absolute atomic E-state index is 11.8. The number of rotatable bonds is 4. The first-order valence-corrected chi connectivity index (χ1v) is 6.46. The van der Waals surface area contributed by atoms with Gasteiger partial charge in [0.05, 0.1) is 5.52 Å². The highest BCUT2D eigenvalue weighted by Gasteiger charge is 2.07. The minimum absolute atomic E-state index is 0.111. The summed E-state index contributed by atoms with van der Waals surface area (Å²) in [6, 6.07) is 10.8. The van der Waals surface area contributed by atoms with Crippen LogP contribution in [0.3, 0.4) is 0 Å². The van der Waals surface area contributed by atoms with Crippen molar-refractivity contribution < 1.29 is 14.3 Å². The molecular formula is C16H13NO4. The Bertz CT molecular complexity index is 820. The first kappa shape index (κ1) is 13.3. The summed E-state index contributed by atoms with van der Waals surface area (Å²) in [6.45, 7) is -0.0969. The van der Waals surface area contributed by atoms with Crippen LogP contribution in [-0.2, 0) is 13.2 Å². The molecule has 0 bridgehead atoms. The second kappa shape index (κ2) is 5.76. The average molecular weight is 283 g/mol. The van der Waals surface area contributed by atoms with Crippen molar-refractivity contribution in [2.45, 2.75) is 13.2 Å². The second-order valence-corrected chi connectivity index (χ2v) is 4.51. The van der Waals surface area contributed by atoms with Crippen molar-refractivity contribution in [2.24, 2.45) is 0 Å². The summed E-state index contributed by atoms with van der Waals surface area (Å²) in [5, 5.41) is 9.91. The highest BCUT2D eigenvalue weighted by Crippen LogP contribution is 2.17. The Labute approximate surface area is 120 Å². The minimum Gasteiger partial charge on any atom is -0.482 e. The zero-order chi connectivity index (χ0) is 14.7. The number of aliphatic hydroxyl groups excluding tert-OH is 1. The first-order valence-electron chi connectivity index (χ1n) is 6.46. The maximum atomic E-state index is 11.8. The summed E-state index contributed by atoms with van der Waals surface area (Å²) in [5.74, 6) is 0.319. The molecule has 21 heavy (non-hydrogen) atoms. The van der Waals surface area contributed by atoms with E-state index in [1.54, 1.807) is 6.20 Å². The normalized spacial score (nSPS) is 10.7. The van der Waals surface area contributed by atoms with Crippen LogP contribution >= 0.6 is 0 Å². The van der Waals surface area contributed by atoms with E-state index in [9.17, 15) is 4.79 Å². The van der Waals surface area contributed by atoms with Crippen molar-refractivity contribution in [3.8, 4) is 5.75 Å². The van der Waals surface area contributed by atoms with Gasteiger partial charge in [-0.15, -0.1) is 0 Å². The van der Waals surface area contributed by atoms with Crippen molar-refractivity contribution in [1.29, 1.82) is 0 Å². The van der Waals surface area contributed by atoms with Gasteiger partial charge in [-0.1, -0.05) is 24.3 Å². The lowest BCUT2D eigenvalue weighted by Gasteiger charge is -2.07. The molecule has 3 rings (SSSR count). The standard InChI is InChI=1S/C16H13NO4/c18-8-13-7-14(19)15(10-20-13)21-9-12-4-1-3-11-5-2-6-17-16(11)12/h1-7,10,18H,8-9H2. The quantitative estimate of drug-likeness (QED) is 0.795. The number of nitrogens with zero attached hydrogens (tertiary/aromatic N) is 1. The van der Waals surface area contributed by atoms with E-state index in [1.807, 2.05) is 30.3 Å². The molecule has 2 aromatic heterocycles. The number of benzene rings is 1. The van der Waals surface area contributed by atoms with Gasteiger partial charge in [-0.05, 0) is 6.07 Å². The first-order chi connectivity index (χ1) is 10.3. The fourth-order valence-corrected chi connectivity index (χ4v) is 2.07. The molecule has 5 heteroatoms. The highest BCUT2D eigenvalue weighted by atomic mass is 16.5. The number of pyridine rings is 1. The molecule has 1 N–H and O–H groups in total. The van der Waals surface area contributed by atoms with Crippen LogP contribution in [0, 0.1) is 0 Å². The number of fused-ring (bicyclic) bond motifs is 1. The summed E-state index contributed by atoms with van der Waals surface area (Å²) in [4.78, 5) is 16.1. The Balaban J connectivity index is 1.85. The lowest BCUT2D eigenvalue weighted by Crippen LogP contribution is -2.08. The van der Waals surface area contributed by atoms with E-state index in [4.69, 9.17) is 14.3 Å². The van der Waals surface area contributed by atoms with Gasteiger partial charge in [-0.3, -0.25) is 9.78 Å². The molecule has 0 saturated carbocycles. The summed E-state index contributed by atoms with van der Waals surface area (Å²) >= 11 is 0. The molecule has 0 unspecified atom stereocenters. The molecule has 1 aromatic carbocycles. The Morgan fingerprint density at radius 1 is 1.24 bits per heavy atom. The monoisotopic (exact) mass is 283 g/mol. The third-order valence-corrected chi connectivity index (χ3v) is 3.11. The van der Waals surface area contributed by atoms with Crippen LogP contribution in [0.2, 0.25) is 0 Å². The Hall–Kier alpha value is -2.66. The third kappa shape index (κ3) is 2.78. The van der Waals surface area contributed by atoms with Gasteiger partial charge < -0.3 is 14.3 Å². The summed E-state index contributed by atoms with van der Waals surface area (Å²) in [7, 11) is 0. The molecule has 0 radical (unpaired) electrons. The number of hydrogen-bond donors (Lipinski definition) is 1. The van der Waals surface area contributed by atoms with Gasteiger partial charge in [0.15, 0.2) is 0 Å². The fraction of sp³-hybridized carbons (Fsp3) is 0.125. The van der Waals surface area contributed by atoms with Crippen LogP contribution in [-0.4, -0.2) is 10.1 Å². The predicted molar refractivity (Wildman–Crippen MR) is 77.0 cm³/mol. The average Bonchev–Trinajstić information content (AvgIpc) is 2.53. The lowest BCUT2D eigenvalue weighted by molar-refractivity contribution is 0.236. The zero-order valence-electron chi connectivity index (χ0n) is 11.2. The van der Waals surface area contributed by atoms with Crippen molar-refractivity contribution in [1.82, 2.24) is 4.98 Å². The van der Waals surface area contributed by atoms with Crippen molar-refractivity contribution >= 4 is 10.9 Å². The summed E-state index contributed by atoms with van der Waals surface area (Å²) in [6.07, 6.45) is 2.93. The van der Waals surface area contributed by atoms with E-state index in [0.29, 0.717) is 0 Å². The van der Waals surface area contributed by atoms with Crippen LogP contribution in [0.5, 0.6) is 5.75 Å². The molecule has 0 aliphatic carbocycles. The lowest BCUT2D eigenvalue weighted by atomic mass is 10.1. The number of para-hydroxylation sites is 1. The smallest absolute Gasteiger partial charge is 0.227 e. The Kier molecular flexibility index (Phi) is 3.66. The molecule has 106 valence electrons. The van der Waals surface area contributed by atoms with Gasteiger partial charge in [-0.25, -0.2) is 0 Å².